The topological polar surface area (TPSA) is 46.3 Å². The van der Waals surface area contributed by atoms with Crippen molar-refractivity contribution in [2.75, 3.05) is 18.0 Å². The lowest BCUT2D eigenvalue weighted by Gasteiger charge is -2.48. The standard InChI is InChI=1S/C42H46N2O2S/c1-39(2,3)24-11-13-26-28(21-24)29-22-25(40(4,5)6)12-14-27(29)36-33(26)43-37(47-36)30-19-23-20-31-34-32(35(23)46-38(30)45)42(9,10)16-18-44(34)17-15-41(31,7)8/h11-14,19-22H,15-18H2,1-10H3. The van der Waals surface area contributed by atoms with Gasteiger partial charge in [-0.3, -0.25) is 0 Å². The molecule has 0 aliphatic carbocycles. The number of hydrogen-bond donors (Lipinski definition) is 0. The van der Waals surface area contributed by atoms with Crippen LogP contribution in [0.5, 0.6) is 0 Å². The Labute approximate surface area is 281 Å². The van der Waals surface area contributed by atoms with E-state index in [2.05, 4.69) is 123 Å². The normalized spacial score (nSPS) is 17.6. The average molecular weight is 643 g/mol. The smallest absolute Gasteiger partial charge is 0.346 e. The van der Waals surface area contributed by atoms with Gasteiger partial charge in [0.05, 0.1) is 15.8 Å². The van der Waals surface area contributed by atoms with Crippen LogP contribution in [0.3, 0.4) is 0 Å². The number of anilines is 1. The molecular weight excluding hydrogens is 597 g/mol. The maximum absolute atomic E-state index is 14.0. The van der Waals surface area contributed by atoms with Gasteiger partial charge in [-0.25, -0.2) is 9.78 Å². The minimum absolute atomic E-state index is 0.0209. The summed E-state index contributed by atoms with van der Waals surface area (Å²) in [5.74, 6) is 0. The summed E-state index contributed by atoms with van der Waals surface area (Å²) in [5, 5.41) is 6.48. The maximum atomic E-state index is 14.0. The van der Waals surface area contributed by atoms with Crippen molar-refractivity contribution >= 4 is 59.8 Å². The summed E-state index contributed by atoms with van der Waals surface area (Å²) < 4.78 is 7.50. The molecule has 0 atom stereocenters. The minimum atomic E-state index is -0.311. The molecule has 0 amide bonds. The van der Waals surface area contributed by atoms with Crippen molar-refractivity contribution in [2.24, 2.45) is 0 Å². The average Bonchev–Trinajstić information content (AvgIpc) is 3.43. The van der Waals surface area contributed by atoms with E-state index >= 15 is 0 Å². The Balaban J connectivity index is 1.42. The van der Waals surface area contributed by atoms with E-state index < -0.39 is 0 Å². The summed E-state index contributed by atoms with van der Waals surface area (Å²) in [7, 11) is 0. The molecule has 0 N–H and O–H groups in total. The fourth-order valence-corrected chi connectivity index (χ4v) is 9.10. The monoisotopic (exact) mass is 642 g/mol. The molecule has 0 bridgehead atoms. The van der Waals surface area contributed by atoms with E-state index in [0.29, 0.717) is 5.56 Å². The molecule has 0 spiro atoms. The SMILES string of the molecule is CC(C)(C)c1ccc2c(c1)c1cc(C(C)(C)C)ccc1c1sc(-c3cc4cc5c6c(c4oc3=O)C(C)(C)CCN6CCC5(C)C)nc21. The van der Waals surface area contributed by atoms with E-state index in [1.165, 1.54) is 44.1 Å². The number of benzene rings is 4. The van der Waals surface area contributed by atoms with Crippen LogP contribution >= 0.6 is 11.3 Å². The minimum Gasteiger partial charge on any atom is -0.422 e. The first-order valence-corrected chi connectivity index (χ1v) is 18.0. The van der Waals surface area contributed by atoms with E-state index in [0.717, 1.165) is 57.5 Å². The summed E-state index contributed by atoms with van der Waals surface area (Å²) in [6.45, 7) is 25.0. The molecule has 0 radical (unpaired) electrons. The second-order valence-electron chi connectivity index (χ2n) is 17.5. The fraction of sp³-hybridized carbons (Fsp3) is 0.429. The van der Waals surface area contributed by atoms with Gasteiger partial charge in [0.2, 0.25) is 0 Å². The first-order valence-electron chi connectivity index (χ1n) is 17.2. The van der Waals surface area contributed by atoms with Crippen LogP contribution < -0.4 is 10.5 Å². The molecular formula is C42H46N2O2S. The third-order valence-corrected chi connectivity index (χ3v) is 12.3. The molecule has 5 heteroatoms. The number of aromatic nitrogens is 1. The lowest BCUT2D eigenvalue weighted by Crippen LogP contribution is -2.44. The van der Waals surface area contributed by atoms with Crippen LogP contribution in [0.25, 0.3) is 53.3 Å². The van der Waals surface area contributed by atoms with Crippen molar-refractivity contribution in [2.45, 2.75) is 104 Å². The van der Waals surface area contributed by atoms with Crippen molar-refractivity contribution in [1.29, 1.82) is 0 Å². The number of hydrogen-bond acceptors (Lipinski definition) is 5. The highest BCUT2D eigenvalue weighted by Crippen LogP contribution is 2.52. The molecule has 4 nitrogen and oxygen atoms in total. The summed E-state index contributed by atoms with van der Waals surface area (Å²) in [4.78, 5) is 21.8. The second-order valence-corrected chi connectivity index (χ2v) is 18.5. The van der Waals surface area contributed by atoms with Crippen molar-refractivity contribution < 1.29 is 4.42 Å². The van der Waals surface area contributed by atoms with E-state index in [1.807, 2.05) is 0 Å². The van der Waals surface area contributed by atoms with Crippen LogP contribution in [0.4, 0.5) is 5.69 Å². The van der Waals surface area contributed by atoms with E-state index in [9.17, 15) is 4.79 Å². The van der Waals surface area contributed by atoms with Gasteiger partial charge in [0.25, 0.3) is 0 Å². The molecule has 0 saturated carbocycles. The van der Waals surface area contributed by atoms with Crippen molar-refractivity contribution in [1.82, 2.24) is 4.98 Å². The number of rotatable bonds is 1. The van der Waals surface area contributed by atoms with Crippen molar-refractivity contribution in [3.63, 3.8) is 0 Å². The lowest BCUT2D eigenvalue weighted by atomic mass is 9.69. The molecule has 4 aromatic carbocycles. The largest absolute Gasteiger partial charge is 0.422 e. The maximum Gasteiger partial charge on any atom is 0.346 e. The van der Waals surface area contributed by atoms with Crippen LogP contribution in [0, 0.1) is 0 Å². The highest BCUT2D eigenvalue weighted by atomic mass is 32.1. The van der Waals surface area contributed by atoms with E-state index in [-0.39, 0.29) is 27.3 Å². The van der Waals surface area contributed by atoms with Crippen LogP contribution in [0.2, 0.25) is 0 Å². The molecule has 47 heavy (non-hydrogen) atoms. The zero-order valence-corrected chi connectivity index (χ0v) is 30.4. The third kappa shape index (κ3) is 4.59. The Morgan fingerprint density at radius 1 is 0.766 bits per heavy atom. The predicted molar refractivity (Wildman–Crippen MR) is 201 cm³/mol. The summed E-state index contributed by atoms with van der Waals surface area (Å²) in [5.41, 5.74) is 8.40. The number of nitrogens with zero attached hydrogens (tertiary/aromatic N) is 2. The second kappa shape index (κ2) is 9.69. The molecule has 2 aromatic heterocycles. The molecule has 8 rings (SSSR count). The molecule has 0 unspecified atom stereocenters. The van der Waals surface area contributed by atoms with Crippen molar-refractivity contribution in [3.05, 3.63) is 81.2 Å². The van der Waals surface area contributed by atoms with Crippen LogP contribution in [-0.4, -0.2) is 18.1 Å². The summed E-state index contributed by atoms with van der Waals surface area (Å²) in [6.07, 6.45) is 2.15. The Hall–Kier alpha value is -3.70. The first-order chi connectivity index (χ1) is 21.9. The van der Waals surface area contributed by atoms with Gasteiger partial charge < -0.3 is 9.32 Å². The van der Waals surface area contributed by atoms with Gasteiger partial charge in [0.1, 0.15) is 10.6 Å². The summed E-state index contributed by atoms with van der Waals surface area (Å²) in [6, 6.07) is 18.1. The number of fused-ring (bicyclic) bond motifs is 8. The molecule has 0 saturated heterocycles. The van der Waals surface area contributed by atoms with Crippen LogP contribution in [0.1, 0.15) is 104 Å². The van der Waals surface area contributed by atoms with E-state index in [4.69, 9.17) is 9.40 Å². The van der Waals surface area contributed by atoms with Gasteiger partial charge >= 0.3 is 5.63 Å². The van der Waals surface area contributed by atoms with Gasteiger partial charge in [-0.05, 0) is 86.2 Å². The Morgan fingerprint density at radius 2 is 1.36 bits per heavy atom. The van der Waals surface area contributed by atoms with Crippen molar-refractivity contribution in [3.8, 4) is 10.6 Å². The lowest BCUT2D eigenvalue weighted by molar-refractivity contribution is 0.398. The van der Waals surface area contributed by atoms with Gasteiger partial charge in [0, 0.05) is 40.5 Å². The molecule has 242 valence electrons. The molecule has 2 aliphatic heterocycles. The van der Waals surface area contributed by atoms with E-state index in [1.54, 1.807) is 11.3 Å². The quantitative estimate of drug-likeness (QED) is 0.132. The zero-order valence-electron chi connectivity index (χ0n) is 29.6. The first kappa shape index (κ1) is 30.6. The Kier molecular flexibility index (Phi) is 6.31. The zero-order chi connectivity index (χ0) is 33.4. The highest BCUT2D eigenvalue weighted by molar-refractivity contribution is 7.22. The molecule has 4 heterocycles. The molecule has 6 aromatic rings. The van der Waals surface area contributed by atoms with Gasteiger partial charge in [-0.15, -0.1) is 11.3 Å². The predicted octanol–water partition coefficient (Wildman–Crippen LogP) is 11.1. The van der Waals surface area contributed by atoms with Crippen LogP contribution in [0.15, 0.2) is 57.7 Å². The fourth-order valence-electron chi connectivity index (χ4n) is 7.97. The molecule has 0 fully saturated rings. The Morgan fingerprint density at radius 3 is 2.00 bits per heavy atom. The van der Waals surface area contributed by atoms with Gasteiger partial charge in [-0.1, -0.05) is 93.5 Å². The van der Waals surface area contributed by atoms with Crippen LogP contribution in [-0.2, 0) is 21.7 Å². The molecule has 2 aliphatic rings. The summed E-state index contributed by atoms with van der Waals surface area (Å²) >= 11 is 1.61. The third-order valence-electron chi connectivity index (χ3n) is 11.1. The number of thiazole rings is 1. The van der Waals surface area contributed by atoms with Gasteiger partial charge in [0.15, 0.2) is 0 Å². The Bertz CT molecular complexity index is 2270. The van der Waals surface area contributed by atoms with Gasteiger partial charge in [-0.2, -0.15) is 0 Å². The highest BCUT2D eigenvalue weighted by Gasteiger charge is 2.42.